The highest BCUT2D eigenvalue weighted by molar-refractivity contribution is 6.31. The van der Waals surface area contributed by atoms with Gasteiger partial charge in [0.05, 0.1) is 5.56 Å². The minimum Gasteiger partial charge on any atom is -0.449 e. The summed E-state index contributed by atoms with van der Waals surface area (Å²) in [6.07, 6.45) is -0.854. The predicted molar refractivity (Wildman–Crippen MR) is 69.4 cm³/mol. The number of nitrogens with two attached hydrogens (primary N) is 1. The SMILES string of the molecule is CC(OC(=O)c1cc(N)cc(Cl)c1)C(=O)N(C)C. The van der Waals surface area contributed by atoms with E-state index in [0.717, 1.165) is 0 Å². The van der Waals surface area contributed by atoms with Crippen molar-refractivity contribution in [3.05, 3.63) is 28.8 Å². The van der Waals surface area contributed by atoms with Gasteiger partial charge in [-0.15, -0.1) is 0 Å². The fourth-order valence-electron chi connectivity index (χ4n) is 1.37. The van der Waals surface area contributed by atoms with Crippen LogP contribution in [0.3, 0.4) is 0 Å². The van der Waals surface area contributed by atoms with E-state index in [-0.39, 0.29) is 11.5 Å². The van der Waals surface area contributed by atoms with Crippen molar-refractivity contribution in [3.8, 4) is 0 Å². The molecule has 0 aliphatic heterocycles. The van der Waals surface area contributed by atoms with Crippen LogP contribution in [0.5, 0.6) is 0 Å². The number of halogens is 1. The van der Waals surface area contributed by atoms with Crippen LogP contribution in [0.1, 0.15) is 17.3 Å². The topological polar surface area (TPSA) is 72.6 Å². The van der Waals surface area contributed by atoms with Gasteiger partial charge >= 0.3 is 5.97 Å². The Kier molecular flexibility index (Phi) is 4.55. The molecule has 0 aliphatic carbocycles. The maximum atomic E-state index is 11.8. The highest BCUT2D eigenvalue weighted by atomic mass is 35.5. The summed E-state index contributed by atoms with van der Waals surface area (Å²) < 4.78 is 5.03. The minimum atomic E-state index is -0.854. The molecule has 0 spiro atoms. The molecule has 98 valence electrons. The van der Waals surface area contributed by atoms with Gasteiger partial charge in [-0.05, 0) is 25.1 Å². The lowest BCUT2D eigenvalue weighted by atomic mass is 10.2. The largest absolute Gasteiger partial charge is 0.449 e. The predicted octanol–water partition coefficient (Wildman–Crippen LogP) is 1.56. The molecule has 6 heteroatoms. The summed E-state index contributed by atoms with van der Waals surface area (Å²) in [5, 5.41) is 0.341. The lowest BCUT2D eigenvalue weighted by Crippen LogP contribution is -2.34. The molecular formula is C12H15ClN2O3. The van der Waals surface area contributed by atoms with E-state index in [2.05, 4.69) is 0 Å². The number of benzene rings is 1. The summed E-state index contributed by atoms with van der Waals surface area (Å²) in [6, 6.07) is 4.40. The second-order valence-corrected chi connectivity index (χ2v) is 4.49. The molecule has 0 heterocycles. The number of rotatable bonds is 3. The van der Waals surface area contributed by atoms with Crippen molar-refractivity contribution in [3.63, 3.8) is 0 Å². The average molecular weight is 271 g/mol. The van der Waals surface area contributed by atoms with Gasteiger partial charge in [0, 0.05) is 24.8 Å². The fraction of sp³-hybridized carbons (Fsp3) is 0.333. The molecule has 1 aromatic carbocycles. The van der Waals surface area contributed by atoms with Crippen LogP contribution >= 0.6 is 11.6 Å². The lowest BCUT2D eigenvalue weighted by molar-refractivity contribution is -0.137. The highest BCUT2D eigenvalue weighted by Gasteiger charge is 2.20. The molecule has 0 radical (unpaired) electrons. The van der Waals surface area contributed by atoms with Crippen molar-refractivity contribution in [2.24, 2.45) is 0 Å². The summed E-state index contributed by atoms with van der Waals surface area (Å²) in [4.78, 5) is 24.7. The molecule has 0 fully saturated rings. The van der Waals surface area contributed by atoms with Crippen LogP contribution in [0.2, 0.25) is 5.02 Å². The lowest BCUT2D eigenvalue weighted by Gasteiger charge is -2.17. The van der Waals surface area contributed by atoms with Crippen LogP contribution in [0.15, 0.2) is 18.2 Å². The first-order valence-corrected chi connectivity index (χ1v) is 5.67. The van der Waals surface area contributed by atoms with Gasteiger partial charge in [-0.3, -0.25) is 4.79 Å². The average Bonchev–Trinajstić information content (AvgIpc) is 2.26. The van der Waals surface area contributed by atoms with Gasteiger partial charge < -0.3 is 15.4 Å². The molecule has 1 aromatic rings. The van der Waals surface area contributed by atoms with E-state index in [4.69, 9.17) is 22.1 Å². The Morgan fingerprint density at radius 2 is 1.94 bits per heavy atom. The van der Waals surface area contributed by atoms with Crippen molar-refractivity contribution >= 4 is 29.2 Å². The number of carbonyl (C=O) groups excluding carboxylic acids is 2. The summed E-state index contributed by atoms with van der Waals surface area (Å²) >= 11 is 5.78. The number of nitrogen functional groups attached to an aromatic ring is 1. The first-order valence-electron chi connectivity index (χ1n) is 5.29. The molecule has 5 nitrogen and oxygen atoms in total. The van der Waals surface area contributed by atoms with E-state index in [1.807, 2.05) is 0 Å². The number of nitrogens with zero attached hydrogens (tertiary/aromatic N) is 1. The molecule has 0 bridgehead atoms. The van der Waals surface area contributed by atoms with Gasteiger partial charge in [0.25, 0.3) is 5.91 Å². The van der Waals surface area contributed by atoms with E-state index in [1.54, 1.807) is 14.1 Å². The Morgan fingerprint density at radius 3 is 2.44 bits per heavy atom. The standard InChI is InChI=1S/C12H15ClN2O3/c1-7(11(16)15(2)3)18-12(17)8-4-9(13)6-10(14)5-8/h4-7H,14H2,1-3H3. The molecule has 0 saturated carbocycles. The Labute approximate surface area is 110 Å². The Bertz CT molecular complexity index is 454. The summed E-state index contributed by atoms with van der Waals surface area (Å²) in [5.41, 5.74) is 6.15. The van der Waals surface area contributed by atoms with Crippen LogP contribution in [-0.2, 0) is 9.53 Å². The molecule has 2 N–H and O–H groups in total. The maximum Gasteiger partial charge on any atom is 0.339 e. The summed E-state index contributed by atoms with van der Waals surface area (Å²) in [7, 11) is 3.17. The third-order valence-corrected chi connectivity index (χ3v) is 2.45. The van der Waals surface area contributed by atoms with Crippen LogP contribution in [-0.4, -0.2) is 37.0 Å². The van der Waals surface area contributed by atoms with E-state index >= 15 is 0 Å². The number of esters is 1. The van der Waals surface area contributed by atoms with Crippen molar-refractivity contribution in [1.29, 1.82) is 0 Å². The van der Waals surface area contributed by atoms with Crippen molar-refractivity contribution in [1.82, 2.24) is 4.90 Å². The first-order chi connectivity index (χ1) is 8.31. The van der Waals surface area contributed by atoms with E-state index in [1.165, 1.54) is 30.0 Å². The molecule has 1 atom stereocenters. The number of anilines is 1. The van der Waals surface area contributed by atoms with Gasteiger partial charge in [0.2, 0.25) is 0 Å². The maximum absolute atomic E-state index is 11.8. The Morgan fingerprint density at radius 1 is 1.33 bits per heavy atom. The minimum absolute atomic E-state index is 0.221. The second kappa shape index (κ2) is 5.73. The van der Waals surface area contributed by atoms with Crippen LogP contribution in [0.4, 0.5) is 5.69 Å². The summed E-state index contributed by atoms with van der Waals surface area (Å²) in [6.45, 7) is 1.51. The fourth-order valence-corrected chi connectivity index (χ4v) is 1.62. The van der Waals surface area contributed by atoms with Gasteiger partial charge in [-0.2, -0.15) is 0 Å². The number of likely N-dealkylation sites (N-methyl/N-ethyl adjacent to an activating group) is 1. The first kappa shape index (κ1) is 14.3. The smallest absolute Gasteiger partial charge is 0.339 e. The monoisotopic (exact) mass is 270 g/mol. The zero-order valence-electron chi connectivity index (χ0n) is 10.4. The number of hydrogen-bond donors (Lipinski definition) is 1. The Balaban J connectivity index is 2.79. The third kappa shape index (κ3) is 3.63. The molecule has 1 unspecified atom stereocenters. The molecule has 18 heavy (non-hydrogen) atoms. The molecule has 0 saturated heterocycles. The van der Waals surface area contributed by atoms with E-state index in [0.29, 0.717) is 10.7 Å². The zero-order chi connectivity index (χ0) is 13.9. The zero-order valence-corrected chi connectivity index (χ0v) is 11.2. The molecular weight excluding hydrogens is 256 g/mol. The van der Waals surface area contributed by atoms with Gasteiger partial charge in [-0.25, -0.2) is 4.79 Å². The van der Waals surface area contributed by atoms with Crippen molar-refractivity contribution < 1.29 is 14.3 Å². The number of ether oxygens (including phenoxy) is 1. The highest BCUT2D eigenvalue weighted by Crippen LogP contribution is 2.17. The molecule has 1 amide bonds. The molecule has 1 rings (SSSR count). The number of amides is 1. The Hall–Kier alpha value is -1.75. The van der Waals surface area contributed by atoms with Crippen LogP contribution in [0, 0.1) is 0 Å². The number of carbonyl (C=O) groups is 2. The third-order valence-electron chi connectivity index (χ3n) is 2.23. The molecule has 0 aliphatic rings. The van der Waals surface area contributed by atoms with Gasteiger partial charge in [0.1, 0.15) is 0 Å². The van der Waals surface area contributed by atoms with E-state index < -0.39 is 12.1 Å². The van der Waals surface area contributed by atoms with Crippen molar-refractivity contribution in [2.75, 3.05) is 19.8 Å². The van der Waals surface area contributed by atoms with E-state index in [9.17, 15) is 9.59 Å². The quantitative estimate of drug-likeness (QED) is 0.668. The van der Waals surface area contributed by atoms with Gasteiger partial charge in [-0.1, -0.05) is 11.6 Å². The summed E-state index contributed by atoms with van der Waals surface area (Å²) in [5.74, 6) is -0.926. The second-order valence-electron chi connectivity index (χ2n) is 4.05. The van der Waals surface area contributed by atoms with Crippen LogP contribution in [0.25, 0.3) is 0 Å². The van der Waals surface area contributed by atoms with Crippen molar-refractivity contribution in [2.45, 2.75) is 13.0 Å². The molecule has 0 aromatic heterocycles. The van der Waals surface area contributed by atoms with Gasteiger partial charge in [0.15, 0.2) is 6.10 Å². The van der Waals surface area contributed by atoms with Crippen LogP contribution < -0.4 is 5.73 Å². The normalized spacial score (nSPS) is 11.8. The number of hydrogen-bond acceptors (Lipinski definition) is 4.